The summed E-state index contributed by atoms with van der Waals surface area (Å²) >= 11 is 0. The minimum atomic E-state index is -0.814. The van der Waals surface area contributed by atoms with Crippen LogP contribution in [0.1, 0.15) is 0 Å². The monoisotopic (exact) mass is 337 g/mol. The van der Waals surface area contributed by atoms with E-state index in [0.717, 1.165) is 6.20 Å². The number of hydrogen-bond donors (Lipinski definition) is 1. The Bertz CT molecular complexity index is 456. The van der Waals surface area contributed by atoms with Crippen molar-refractivity contribution in [1.82, 2.24) is 9.55 Å². The molecule has 0 unspecified atom stereocenters. The predicted octanol–water partition coefficient (Wildman–Crippen LogP) is 1.32. The number of nitro groups is 1. The fourth-order valence-corrected chi connectivity index (χ4v) is 2.82. The molecule has 9 nitrogen and oxygen atoms in total. The summed E-state index contributed by atoms with van der Waals surface area (Å²) in [5.41, 5.74) is 0. The molecule has 1 N–H and O–H groups in total. The first-order valence-electron chi connectivity index (χ1n) is 5.94. The second-order valence-corrected chi connectivity index (χ2v) is 6.22. The van der Waals surface area contributed by atoms with Crippen LogP contribution in [0.3, 0.4) is 0 Å². The van der Waals surface area contributed by atoms with Crippen molar-refractivity contribution in [2.75, 3.05) is 31.3 Å². The highest BCUT2D eigenvalue weighted by atomic mass is 33.1. The summed E-state index contributed by atoms with van der Waals surface area (Å²) < 4.78 is 10.9. The zero-order chi connectivity index (χ0) is 15.5. The largest absolute Gasteiger partial charge is 0.508 e. The molecule has 0 aromatic carbocycles. The lowest BCUT2D eigenvalue weighted by Crippen LogP contribution is -2.14. The highest BCUT2D eigenvalue weighted by molar-refractivity contribution is 8.76. The first kappa shape index (κ1) is 17.6. The maximum atomic E-state index is 11.2. The number of carbonyl (C=O) groups is 1. The second kappa shape index (κ2) is 10.3. The highest BCUT2D eigenvalue weighted by Gasteiger charge is 2.13. The molecule has 118 valence electrons. The molecule has 0 saturated carbocycles. The predicted molar refractivity (Wildman–Crippen MR) is 78.2 cm³/mol. The zero-order valence-electron chi connectivity index (χ0n) is 11.0. The number of aromatic nitrogens is 2. The van der Waals surface area contributed by atoms with Gasteiger partial charge in [-0.15, -0.1) is 0 Å². The van der Waals surface area contributed by atoms with Gasteiger partial charge in [0, 0.05) is 11.5 Å². The molecular formula is C10H15N3O6S2. The Hall–Kier alpha value is -1.46. The molecule has 0 amide bonds. The normalized spacial score (nSPS) is 10.3. The van der Waals surface area contributed by atoms with Gasteiger partial charge in [0.2, 0.25) is 0 Å². The van der Waals surface area contributed by atoms with E-state index in [1.165, 1.54) is 32.5 Å². The van der Waals surface area contributed by atoms with Gasteiger partial charge in [0.15, 0.2) is 6.33 Å². The van der Waals surface area contributed by atoms with Crippen molar-refractivity contribution in [3.05, 3.63) is 22.6 Å². The molecule has 21 heavy (non-hydrogen) atoms. The van der Waals surface area contributed by atoms with Crippen LogP contribution in [0.4, 0.5) is 10.6 Å². The highest BCUT2D eigenvalue weighted by Crippen LogP contribution is 2.19. The van der Waals surface area contributed by atoms with Gasteiger partial charge in [0.25, 0.3) is 0 Å². The minimum absolute atomic E-state index is 0.0392. The van der Waals surface area contributed by atoms with E-state index in [1.807, 2.05) is 0 Å². The van der Waals surface area contributed by atoms with Gasteiger partial charge in [-0.2, -0.15) is 0 Å². The van der Waals surface area contributed by atoms with Crippen LogP contribution in [-0.4, -0.2) is 57.1 Å². The van der Waals surface area contributed by atoms with Gasteiger partial charge in [-0.25, -0.2) is 14.3 Å². The number of aliphatic hydroxyl groups is 1. The maximum absolute atomic E-state index is 11.2. The Morgan fingerprint density at radius 2 is 2.10 bits per heavy atom. The van der Waals surface area contributed by atoms with Crippen LogP contribution in [0, 0.1) is 10.1 Å². The molecule has 0 aliphatic heterocycles. The van der Waals surface area contributed by atoms with Crippen molar-refractivity contribution in [3.63, 3.8) is 0 Å². The molecule has 0 saturated heterocycles. The second-order valence-electron chi connectivity index (χ2n) is 3.52. The number of imidazole rings is 1. The molecule has 1 heterocycles. The minimum Gasteiger partial charge on any atom is -0.433 e. The standard InChI is InChI=1S/C10H15N3O6S2/c14-2-5-20-21-6-4-19-10(15)18-3-1-12-8-11-7-9(12)13(16)17/h7-8,14H,1-6H2. The Kier molecular flexibility index (Phi) is 8.62. The van der Waals surface area contributed by atoms with Crippen LogP contribution in [0.5, 0.6) is 0 Å². The number of nitrogens with zero attached hydrogens (tertiary/aromatic N) is 3. The summed E-state index contributed by atoms with van der Waals surface area (Å²) in [6.07, 6.45) is 1.60. The van der Waals surface area contributed by atoms with Gasteiger partial charge in [-0.1, -0.05) is 21.6 Å². The van der Waals surface area contributed by atoms with Gasteiger partial charge < -0.3 is 24.7 Å². The SMILES string of the molecule is O=C(OCCSSCCO)OCCn1cncc1[N+](=O)[O-]. The summed E-state index contributed by atoms with van der Waals surface area (Å²) in [7, 11) is 2.97. The average molecular weight is 337 g/mol. The van der Waals surface area contributed by atoms with Gasteiger partial charge in [-0.05, 0) is 4.92 Å². The lowest BCUT2D eigenvalue weighted by Gasteiger charge is -2.05. The molecule has 1 aromatic rings. The van der Waals surface area contributed by atoms with E-state index >= 15 is 0 Å². The molecule has 0 fully saturated rings. The van der Waals surface area contributed by atoms with Crippen molar-refractivity contribution in [2.45, 2.75) is 6.54 Å². The van der Waals surface area contributed by atoms with Crippen LogP contribution in [-0.2, 0) is 16.0 Å². The lowest BCUT2D eigenvalue weighted by molar-refractivity contribution is -0.392. The van der Waals surface area contributed by atoms with Crippen molar-refractivity contribution in [2.24, 2.45) is 0 Å². The third-order valence-electron chi connectivity index (χ3n) is 2.07. The Morgan fingerprint density at radius 3 is 2.81 bits per heavy atom. The molecule has 1 aromatic heterocycles. The molecule has 0 aliphatic carbocycles. The van der Waals surface area contributed by atoms with Crippen LogP contribution >= 0.6 is 21.6 Å². The third-order valence-corrected chi connectivity index (χ3v) is 4.42. The first-order valence-corrected chi connectivity index (χ1v) is 8.43. The van der Waals surface area contributed by atoms with Crippen molar-refractivity contribution < 1.29 is 24.3 Å². The number of rotatable bonds is 10. The maximum Gasteiger partial charge on any atom is 0.508 e. The number of aliphatic hydroxyl groups excluding tert-OH is 1. The third kappa shape index (κ3) is 7.20. The number of hydrogen-bond acceptors (Lipinski definition) is 9. The van der Waals surface area contributed by atoms with E-state index in [2.05, 4.69) is 4.98 Å². The zero-order valence-corrected chi connectivity index (χ0v) is 12.7. The molecule has 0 aliphatic rings. The van der Waals surface area contributed by atoms with E-state index in [-0.39, 0.29) is 32.2 Å². The topological polar surface area (TPSA) is 117 Å². The van der Waals surface area contributed by atoms with E-state index < -0.39 is 11.1 Å². The average Bonchev–Trinajstić information content (AvgIpc) is 2.91. The lowest BCUT2D eigenvalue weighted by atomic mass is 10.6. The Labute approximate surface area is 128 Å². The summed E-state index contributed by atoms with van der Waals surface area (Å²) in [6.45, 7) is 0.406. The summed E-state index contributed by atoms with van der Waals surface area (Å²) in [5.74, 6) is 1.05. The van der Waals surface area contributed by atoms with Gasteiger partial charge in [-0.3, -0.25) is 0 Å². The molecule has 1 rings (SSSR count). The van der Waals surface area contributed by atoms with E-state index in [9.17, 15) is 14.9 Å². The quantitative estimate of drug-likeness (QED) is 0.222. The molecule has 0 atom stereocenters. The molecule has 11 heteroatoms. The van der Waals surface area contributed by atoms with Crippen LogP contribution in [0.2, 0.25) is 0 Å². The van der Waals surface area contributed by atoms with Gasteiger partial charge in [0.1, 0.15) is 26.0 Å². The smallest absolute Gasteiger partial charge is 0.433 e. The first-order chi connectivity index (χ1) is 10.1. The van der Waals surface area contributed by atoms with Gasteiger partial charge >= 0.3 is 12.0 Å². The molecule has 0 radical (unpaired) electrons. The molecular weight excluding hydrogens is 322 g/mol. The van der Waals surface area contributed by atoms with Gasteiger partial charge in [0.05, 0.1) is 6.61 Å². The molecule has 0 bridgehead atoms. The fraction of sp³-hybridized carbons (Fsp3) is 0.600. The molecule has 0 spiro atoms. The van der Waals surface area contributed by atoms with E-state index in [0.29, 0.717) is 11.5 Å². The van der Waals surface area contributed by atoms with Crippen LogP contribution in [0.25, 0.3) is 0 Å². The van der Waals surface area contributed by atoms with Crippen molar-refractivity contribution in [1.29, 1.82) is 0 Å². The van der Waals surface area contributed by atoms with E-state index in [4.69, 9.17) is 14.6 Å². The van der Waals surface area contributed by atoms with Crippen LogP contribution < -0.4 is 0 Å². The van der Waals surface area contributed by atoms with Crippen LogP contribution in [0.15, 0.2) is 12.5 Å². The van der Waals surface area contributed by atoms with E-state index in [1.54, 1.807) is 0 Å². The number of ether oxygens (including phenoxy) is 2. The fourth-order valence-electron chi connectivity index (χ4n) is 1.22. The Morgan fingerprint density at radius 1 is 1.38 bits per heavy atom. The summed E-state index contributed by atoms with van der Waals surface area (Å²) in [4.78, 5) is 24.9. The summed E-state index contributed by atoms with van der Waals surface area (Å²) in [5, 5.41) is 19.2. The summed E-state index contributed by atoms with van der Waals surface area (Å²) in [6, 6.07) is 0. The Balaban J connectivity index is 2.10. The van der Waals surface area contributed by atoms with Crippen molar-refractivity contribution >= 4 is 33.6 Å². The van der Waals surface area contributed by atoms with Crippen molar-refractivity contribution in [3.8, 4) is 0 Å². The number of carbonyl (C=O) groups excluding carboxylic acids is 1.